The van der Waals surface area contributed by atoms with Gasteiger partial charge in [0.25, 0.3) is 5.56 Å². The van der Waals surface area contributed by atoms with Gasteiger partial charge in [-0.05, 0) is 31.7 Å². The third-order valence-corrected chi connectivity index (χ3v) is 2.63. The Morgan fingerprint density at radius 1 is 1.41 bits per heavy atom. The first-order valence-corrected chi connectivity index (χ1v) is 5.56. The largest absolute Gasteiger partial charge is 0.493 e. The van der Waals surface area contributed by atoms with Gasteiger partial charge in [-0.15, -0.1) is 0 Å². The molecule has 0 aromatic carbocycles. The van der Waals surface area contributed by atoms with Crippen LogP contribution in [0.5, 0.6) is 5.88 Å². The maximum Gasteiger partial charge on any atom is 0.253 e. The summed E-state index contributed by atoms with van der Waals surface area (Å²) in [5.41, 5.74) is 0.330. The summed E-state index contributed by atoms with van der Waals surface area (Å²) in [6.07, 6.45) is 2.13. The van der Waals surface area contributed by atoms with Crippen molar-refractivity contribution >= 4 is 0 Å². The first-order chi connectivity index (χ1) is 8.11. The second kappa shape index (κ2) is 6.06. The van der Waals surface area contributed by atoms with Crippen LogP contribution in [0, 0.1) is 18.3 Å². The summed E-state index contributed by atoms with van der Waals surface area (Å²) in [5.74, 6) is -0.263. The van der Waals surface area contributed by atoms with E-state index in [1.54, 1.807) is 6.92 Å². The van der Waals surface area contributed by atoms with Gasteiger partial charge in [0.15, 0.2) is 0 Å². The van der Waals surface area contributed by atoms with Crippen molar-refractivity contribution in [3.8, 4) is 11.9 Å². The highest BCUT2D eigenvalue weighted by atomic mass is 16.3. The molecule has 1 aromatic heterocycles. The predicted molar refractivity (Wildman–Crippen MR) is 62.8 cm³/mol. The molecule has 0 unspecified atom stereocenters. The number of unbranched alkanes of at least 4 members (excludes halogenated alkanes) is 2. The van der Waals surface area contributed by atoms with Crippen LogP contribution in [0.3, 0.4) is 0 Å². The molecule has 0 bridgehead atoms. The number of hydrogen-bond donors (Lipinski definition) is 2. The molecule has 92 valence electrons. The van der Waals surface area contributed by atoms with Crippen molar-refractivity contribution in [1.29, 1.82) is 5.26 Å². The summed E-state index contributed by atoms with van der Waals surface area (Å²) in [7, 11) is 0. The molecule has 1 rings (SSSR count). The lowest BCUT2D eigenvalue weighted by atomic mass is 10.1. The van der Waals surface area contributed by atoms with Crippen molar-refractivity contribution in [2.24, 2.45) is 0 Å². The summed E-state index contributed by atoms with van der Waals surface area (Å²) in [5, 5.41) is 27.3. The van der Waals surface area contributed by atoms with Crippen molar-refractivity contribution < 1.29 is 10.2 Å². The lowest BCUT2D eigenvalue weighted by molar-refractivity contribution is 0.281. The van der Waals surface area contributed by atoms with Crippen LogP contribution in [0.25, 0.3) is 0 Å². The Hall–Kier alpha value is -1.80. The molecule has 0 spiro atoms. The quantitative estimate of drug-likeness (QED) is 0.743. The van der Waals surface area contributed by atoms with Crippen molar-refractivity contribution in [1.82, 2.24) is 4.57 Å². The highest BCUT2D eigenvalue weighted by Gasteiger charge is 2.11. The number of nitriles is 1. The normalized spacial score (nSPS) is 10.2. The number of aryl methyl sites for hydroxylation is 1. The number of aromatic hydroxyl groups is 1. The van der Waals surface area contributed by atoms with Crippen LogP contribution in [-0.4, -0.2) is 21.4 Å². The molecule has 5 heteroatoms. The van der Waals surface area contributed by atoms with Crippen molar-refractivity contribution in [2.75, 3.05) is 6.61 Å². The first-order valence-electron chi connectivity index (χ1n) is 5.56. The molecule has 0 amide bonds. The molecule has 0 aliphatic carbocycles. The summed E-state index contributed by atoms with van der Waals surface area (Å²) in [6.45, 7) is 2.10. The molecule has 0 radical (unpaired) electrons. The molecule has 0 atom stereocenters. The number of rotatable bonds is 5. The zero-order valence-electron chi connectivity index (χ0n) is 9.81. The molecule has 0 saturated heterocycles. The highest BCUT2D eigenvalue weighted by Crippen LogP contribution is 2.17. The van der Waals surface area contributed by atoms with Gasteiger partial charge in [0.1, 0.15) is 11.6 Å². The molecule has 17 heavy (non-hydrogen) atoms. The molecule has 0 aliphatic rings. The molecule has 2 N–H and O–H groups in total. The van der Waals surface area contributed by atoms with Crippen molar-refractivity contribution in [2.45, 2.75) is 32.7 Å². The van der Waals surface area contributed by atoms with Gasteiger partial charge in [-0.25, -0.2) is 0 Å². The Balaban J connectivity index is 2.93. The Labute approximate surface area is 99.6 Å². The zero-order valence-corrected chi connectivity index (χ0v) is 9.81. The third-order valence-electron chi connectivity index (χ3n) is 2.63. The van der Waals surface area contributed by atoms with Gasteiger partial charge in [0.2, 0.25) is 5.88 Å². The molecule has 0 aliphatic heterocycles. The highest BCUT2D eigenvalue weighted by molar-refractivity contribution is 5.43. The third kappa shape index (κ3) is 3.08. The van der Waals surface area contributed by atoms with E-state index in [1.807, 2.05) is 6.07 Å². The van der Waals surface area contributed by atoms with Crippen LogP contribution in [0.4, 0.5) is 0 Å². The summed E-state index contributed by atoms with van der Waals surface area (Å²) >= 11 is 0. The smallest absolute Gasteiger partial charge is 0.253 e. The van der Waals surface area contributed by atoms with Crippen LogP contribution in [0.15, 0.2) is 10.9 Å². The minimum Gasteiger partial charge on any atom is -0.493 e. The fraction of sp³-hybridized carbons (Fsp3) is 0.500. The monoisotopic (exact) mass is 236 g/mol. The van der Waals surface area contributed by atoms with Crippen molar-refractivity contribution in [3.05, 3.63) is 27.5 Å². The minimum atomic E-state index is -0.303. The molecule has 1 heterocycles. The number of aliphatic hydroxyl groups excluding tert-OH is 1. The molecule has 1 aromatic rings. The minimum absolute atomic E-state index is 0.123. The number of aromatic nitrogens is 1. The number of pyridine rings is 1. The number of nitrogens with zero attached hydrogens (tertiary/aromatic N) is 2. The van der Waals surface area contributed by atoms with Crippen molar-refractivity contribution in [3.63, 3.8) is 0 Å². The Kier molecular flexibility index (Phi) is 4.73. The molecule has 5 nitrogen and oxygen atoms in total. The van der Waals surface area contributed by atoms with Gasteiger partial charge in [0.05, 0.1) is 0 Å². The van der Waals surface area contributed by atoms with E-state index in [4.69, 9.17) is 10.4 Å². The zero-order chi connectivity index (χ0) is 12.8. The summed E-state index contributed by atoms with van der Waals surface area (Å²) < 4.78 is 1.20. The van der Waals surface area contributed by atoms with Crippen LogP contribution in [0.1, 0.15) is 30.4 Å². The lowest BCUT2D eigenvalue weighted by Gasteiger charge is -2.10. The van der Waals surface area contributed by atoms with Gasteiger partial charge in [-0.2, -0.15) is 5.26 Å². The van der Waals surface area contributed by atoms with Gasteiger partial charge >= 0.3 is 0 Å². The molecular weight excluding hydrogens is 220 g/mol. The Morgan fingerprint density at radius 2 is 2.12 bits per heavy atom. The topological polar surface area (TPSA) is 86.2 Å². The SMILES string of the molecule is Cc1cc(=O)n(CCCCCO)c(O)c1C#N. The lowest BCUT2D eigenvalue weighted by Crippen LogP contribution is -2.21. The summed E-state index contributed by atoms with van der Waals surface area (Å²) in [4.78, 5) is 11.6. The van der Waals surface area contributed by atoms with Gasteiger partial charge in [-0.1, -0.05) is 0 Å². The van der Waals surface area contributed by atoms with E-state index in [2.05, 4.69) is 0 Å². The number of aliphatic hydroxyl groups is 1. The maximum atomic E-state index is 11.6. The first kappa shape index (κ1) is 13.3. The van der Waals surface area contributed by atoms with E-state index in [1.165, 1.54) is 10.6 Å². The maximum absolute atomic E-state index is 11.6. The van der Waals surface area contributed by atoms with Crippen LogP contribution < -0.4 is 5.56 Å². The Morgan fingerprint density at radius 3 is 2.71 bits per heavy atom. The van der Waals surface area contributed by atoms with Crippen LogP contribution in [-0.2, 0) is 6.54 Å². The standard InChI is InChI=1S/C12H16N2O3/c1-9-7-11(16)14(5-3-2-4-6-15)12(17)10(9)8-13/h7,15,17H,2-6H2,1H3. The van der Waals surface area contributed by atoms with E-state index in [0.29, 0.717) is 24.9 Å². The van der Waals surface area contributed by atoms with Crippen LogP contribution >= 0.6 is 0 Å². The van der Waals surface area contributed by atoms with E-state index in [0.717, 1.165) is 6.42 Å². The van der Waals surface area contributed by atoms with Crippen LogP contribution in [0.2, 0.25) is 0 Å². The molecular formula is C12H16N2O3. The van der Waals surface area contributed by atoms with Gasteiger partial charge in [-0.3, -0.25) is 9.36 Å². The van der Waals surface area contributed by atoms with Gasteiger partial charge < -0.3 is 10.2 Å². The predicted octanol–water partition coefficient (Wildman–Crippen LogP) is 0.897. The molecule has 0 fully saturated rings. The second-order valence-electron chi connectivity index (χ2n) is 3.91. The average molecular weight is 236 g/mol. The van der Waals surface area contributed by atoms with E-state index >= 15 is 0 Å². The van der Waals surface area contributed by atoms with E-state index in [-0.39, 0.29) is 23.6 Å². The average Bonchev–Trinajstić information content (AvgIpc) is 2.28. The molecule has 0 saturated carbocycles. The summed E-state index contributed by atoms with van der Waals surface area (Å²) in [6, 6.07) is 3.23. The van der Waals surface area contributed by atoms with E-state index < -0.39 is 0 Å². The second-order valence-corrected chi connectivity index (χ2v) is 3.91. The fourth-order valence-electron chi connectivity index (χ4n) is 1.66. The fourth-order valence-corrected chi connectivity index (χ4v) is 1.66. The Bertz CT molecular complexity index is 486. The van der Waals surface area contributed by atoms with E-state index in [9.17, 15) is 9.90 Å². The number of hydrogen-bond acceptors (Lipinski definition) is 4. The van der Waals surface area contributed by atoms with Gasteiger partial charge in [0, 0.05) is 19.2 Å².